The smallest absolute Gasteiger partial charge is 0.269 e. The summed E-state index contributed by atoms with van der Waals surface area (Å²) in [5.41, 5.74) is 1.90. The van der Waals surface area contributed by atoms with Crippen molar-refractivity contribution in [1.29, 1.82) is 0 Å². The highest BCUT2D eigenvalue weighted by Gasteiger charge is 2.30. The van der Waals surface area contributed by atoms with Crippen molar-refractivity contribution in [2.24, 2.45) is 0 Å². The van der Waals surface area contributed by atoms with E-state index in [-0.39, 0.29) is 5.69 Å². The van der Waals surface area contributed by atoms with E-state index < -0.39 is 4.92 Å². The van der Waals surface area contributed by atoms with Crippen molar-refractivity contribution >= 4 is 17.4 Å². The van der Waals surface area contributed by atoms with Crippen LogP contribution in [0, 0.1) is 22.0 Å². The number of hydrogen-bond donors (Lipinski definition) is 0. The zero-order valence-electron chi connectivity index (χ0n) is 14.4. The quantitative estimate of drug-likeness (QED) is 0.287. The number of hydrogen-bond acceptors (Lipinski definition) is 5. The molecule has 4 rings (SSSR count). The van der Waals surface area contributed by atoms with E-state index in [1.54, 1.807) is 23.9 Å². The first kappa shape index (κ1) is 17.3. The van der Waals surface area contributed by atoms with Gasteiger partial charge in [0.1, 0.15) is 0 Å². The van der Waals surface area contributed by atoms with Gasteiger partial charge in [-0.1, -0.05) is 41.8 Å². The van der Waals surface area contributed by atoms with E-state index in [4.69, 9.17) is 0 Å². The van der Waals surface area contributed by atoms with Crippen molar-refractivity contribution in [3.63, 3.8) is 0 Å². The fraction of sp³-hybridized carbons (Fsp3) is 0.200. The molecule has 1 fully saturated rings. The van der Waals surface area contributed by atoms with Crippen LogP contribution in [0.2, 0.25) is 0 Å². The predicted molar refractivity (Wildman–Crippen MR) is 104 cm³/mol. The van der Waals surface area contributed by atoms with Crippen molar-refractivity contribution in [3.8, 4) is 23.2 Å². The second-order valence-electron chi connectivity index (χ2n) is 6.17. The predicted octanol–water partition coefficient (Wildman–Crippen LogP) is 4.33. The standard InChI is InChI=1S/C20H16N4O2S/c25-24(26)18-10-8-16(9-11-18)19-21-22-20(23(19)17-12-13-17)27-14-4-7-15-5-2-1-3-6-15/h1-3,5-6,8-11,17H,12-14H2. The number of aromatic nitrogens is 3. The number of non-ortho nitro benzene ring substituents is 1. The summed E-state index contributed by atoms with van der Waals surface area (Å²) in [6.45, 7) is 0. The first-order valence-corrected chi connectivity index (χ1v) is 9.57. The minimum absolute atomic E-state index is 0.0713. The van der Waals surface area contributed by atoms with Gasteiger partial charge in [0.05, 0.1) is 10.7 Å². The molecule has 3 aromatic rings. The van der Waals surface area contributed by atoms with Gasteiger partial charge in [-0.2, -0.15) is 0 Å². The Morgan fingerprint density at radius 3 is 2.52 bits per heavy atom. The Bertz CT molecular complexity index is 1020. The van der Waals surface area contributed by atoms with Crippen LogP contribution in [0.5, 0.6) is 0 Å². The molecule has 0 N–H and O–H groups in total. The number of thioether (sulfide) groups is 1. The van der Waals surface area contributed by atoms with Crippen LogP contribution < -0.4 is 0 Å². The van der Waals surface area contributed by atoms with Gasteiger partial charge in [-0.25, -0.2) is 0 Å². The molecule has 0 radical (unpaired) electrons. The van der Waals surface area contributed by atoms with Gasteiger partial charge in [0.15, 0.2) is 11.0 Å². The average molecular weight is 376 g/mol. The second kappa shape index (κ2) is 7.64. The Kier molecular flexibility index (Phi) is 4.90. The maximum atomic E-state index is 10.8. The summed E-state index contributed by atoms with van der Waals surface area (Å²) in [4.78, 5) is 10.4. The van der Waals surface area contributed by atoms with Crippen LogP contribution in [0.4, 0.5) is 5.69 Å². The Hall–Kier alpha value is -3.11. The maximum absolute atomic E-state index is 10.8. The SMILES string of the molecule is O=[N+]([O-])c1ccc(-c2nnc(SCC#Cc3ccccc3)n2C2CC2)cc1. The van der Waals surface area contributed by atoms with Crippen LogP contribution >= 0.6 is 11.8 Å². The van der Waals surface area contributed by atoms with Crippen LogP contribution in [0.3, 0.4) is 0 Å². The van der Waals surface area contributed by atoms with Crippen LogP contribution in [0.15, 0.2) is 59.8 Å². The van der Waals surface area contributed by atoms with Crippen LogP contribution in [0.1, 0.15) is 24.4 Å². The van der Waals surface area contributed by atoms with Crippen molar-refractivity contribution in [3.05, 3.63) is 70.3 Å². The lowest BCUT2D eigenvalue weighted by Gasteiger charge is -2.07. The molecule has 1 saturated carbocycles. The molecule has 2 aromatic carbocycles. The summed E-state index contributed by atoms with van der Waals surface area (Å²) in [6.07, 6.45) is 2.20. The molecule has 0 saturated heterocycles. The molecule has 0 spiro atoms. The zero-order chi connectivity index (χ0) is 18.6. The highest BCUT2D eigenvalue weighted by molar-refractivity contribution is 7.99. The van der Waals surface area contributed by atoms with Gasteiger partial charge in [0.2, 0.25) is 0 Å². The molecular weight excluding hydrogens is 360 g/mol. The largest absolute Gasteiger partial charge is 0.299 e. The number of nitrogens with zero attached hydrogens (tertiary/aromatic N) is 4. The molecule has 134 valence electrons. The van der Waals surface area contributed by atoms with Gasteiger partial charge in [-0.05, 0) is 37.1 Å². The fourth-order valence-electron chi connectivity index (χ4n) is 2.73. The lowest BCUT2D eigenvalue weighted by atomic mass is 10.2. The topological polar surface area (TPSA) is 73.8 Å². The van der Waals surface area contributed by atoms with Crippen molar-refractivity contribution in [1.82, 2.24) is 14.8 Å². The molecule has 1 aromatic heterocycles. The van der Waals surface area contributed by atoms with Gasteiger partial charge in [-0.15, -0.1) is 10.2 Å². The van der Waals surface area contributed by atoms with E-state index in [0.29, 0.717) is 11.8 Å². The summed E-state index contributed by atoms with van der Waals surface area (Å²) in [5, 5.41) is 20.3. The number of benzene rings is 2. The molecule has 1 heterocycles. The third-order valence-corrected chi connectivity index (χ3v) is 5.02. The fourth-order valence-corrected chi connectivity index (χ4v) is 3.47. The third kappa shape index (κ3) is 4.01. The van der Waals surface area contributed by atoms with Crippen LogP contribution in [-0.2, 0) is 0 Å². The van der Waals surface area contributed by atoms with Crippen LogP contribution in [-0.4, -0.2) is 25.4 Å². The van der Waals surface area contributed by atoms with Gasteiger partial charge < -0.3 is 0 Å². The normalized spacial score (nSPS) is 13.0. The van der Waals surface area contributed by atoms with Gasteiger partial charge >= 0.3 is 0 Å². The Morgan fingerprint density at radius 2 is 1.85 bits per heavy atom. The van der Waals surface area contributed by atoms with Gasteiger partial charge in [-0.3, -0.25) is 14.7 Å². The summed E-state index contributed by atoms with van der Waals surface area (Å²) < 4.78 is 2.13. The Labute approximate surface area is 160 Å². The van der Waals surface area contributed by atoms with Crippen molar-refractivity contribution in [2.75, 3.05) is 5.75 Å². The summed E-state index contributed by atoms with van der Waals surface area (Å²) >= 11 is 1.57. The van der Waals surface area contributed by atoms with Crippen molar-refractivity contribution in [2.45, 2.75) is 24.0 Å². The summed E-state index contributed by atoms with van der Waals surface area (Å²) in [6, 6.07) is 16.7. The summed E-state index contributed by atoms with van der Waals surface area (Å²) in [5.74, 6) is 7.69. The molecule has 1 aliphatic carbocycles. The molecule has 0 atom stereocenters. The Morgan fingerprint density at radius 1 is 1.11 bits per heavy atom. The molecule has 0 amide bonds. The molecular formula is C20H16N4O2S. The molecule has 0 aliphatic heterocycles. The molecule has 0 unspecified atom stereocenters. The van der Waals surface area contributed by atoms with Crippen molar-refractivity contribution < 1.29 is 4.92 Å². The number of rotatable bonds is 5. The molecule has 7 heteroatoms. The molecule has 6 nitrogen and oxygen atoms in total. The minimum atomic E-state index is -0.401. The lowest BCUT2D eigenvalue weighted by molar-refractivity contribution is -0.384. The highest BCUT2D eigenvalue weighted by atomic mass is 32.2. The molecule has 0 bridgehead atoms. The first-order chi connectivity index (χ1) is 13.2. The maximum Gasteiger partial charge on any atom is 0.269 e. The first-order valence-electron chi connectivity index (χ1n) is 8.59. The lowest BCUT2D eigenvalue weighted by Crippen LogP contribution is -2.00. The minimum Gasteiger partial charge on any atom is -0.299 e. The van der Waals surface area contributed by atoms with Crippen LogP contribution in [0.25, 0.3) is 11.4 Å². The zero-order valence-corrected chi connectivity index (χ0v) is 15.2. The highest BCUT2D eigenvalue weighted by Crippen LogP contribution is 2.41. The molecule has 1 aliphatic rings. The van der Waals surface area contributed by atoms with Gasteiger partial charge in [0.25, 0.3) is 5.69 Å². The van der Waals surface area contributed by atoms with E-state index in [1.807, 2.05) is 30.3 Å². The third-order valence-electron chi connectivity index (χ3n) is 4.19. The van der Waals surface area contributed by atoms with E-state index >= 15 is 0 Å². The van der Waals surface area contributed by atoms with E-state index in [1.165, 1.54) is 12.1 Å². The average Bonchev–Trinajstić information content (AvgIpc) is 3.45. The number of nitro benzene ring substituents is 1. The monoisotopic (exact) mass is 376 g/mol. The van der Waals surface area contributed by atoms with E-state index in [9.17, 15) is 10.1 Å². The number of nitro groups is 1. The van der Waals surface area contributed by atoms with E-state index in [2.05, 4.69) is 26.6 Å². The van der Waals surface area contributed by atoms with E-state index in [0.717, 1.165) is 34.9 Å². The second-order valence-corrected chi connectivity index (χ2v) is 7.11. The van der Waals surface area contributed by atoms with Gasteiger partial charge in [0, 0.05) is 29.3 Å². The summed E-state index contributed by atoms with van der Waals surface area (Å²) in [7, 11) is 0. The molecule has 27 heavy (non-hydrogen) atoms. The Balaban J connectivity index is 1.53.